The summed E-state index contributed by atoms with van der Waals surface area (Å²) in [6.45, 7) is 14.9. The lowest BCUT2D eigenvalue weighted by Crippen LogP contribution is -2.09. The lowest BCUT2D eigenvalue weighted by molar-refractivity contribution is 0.954. The highest BCUT2D eigenvalue weighted by atomic mass is 14.6. The minimum absolute atomic E-state index is 0.0473. The molecule has 0 bridgehead atoms. The normalized spacial score (nSPS) is 12.0. The first-order valence-electron chi connectivity index (χ1n) is 18.7. The maximum atomic E-state index is 6.52. The summed E-state index contributed by atoms with van der Waals surface area (Å²) in [6, 6.07) is 38.1. The average molecular weight is 687 g/mol. The van der Waals surface area contributed by atoms with Gasteiger partial charge in [-0.15, -0.1) is 0 Å². The van der Waals surface area contributed by atoms with Crippen LogP contribution >= 0.6 is 0 Å². The number of hydrogen-bond acceptors (Lipinski definition) is 4. The van der Waals surface area contributed by atoms with Crippen LogP contribution in [0.15, 0.2) is 103 Å². The number of rotatable bonds is 10. The minimum atomic E-state index is 0.0473. The van der Waals surface area contributed by atoms with Gasteiger partial charge in [-0.25, -0.2) is 0 Å². The molecule has 0 amide bonds. The maximum Gasteiger partial charge on any atom is 0.0376 e. The topological polar surface area (TPSA) is 104 Å². The van der Waals surface area contributed by atoms with Crippen LogP contribution in [0.4, 0.5) is 22.7 Å². The molecule has 0 aliphatic rings. The van der Waals surface area contributed by atoms with Crippen molar-refractivity contribution in [2.75, 3.05) is 22.9 Å². The van der Waals surface area contributed by atoms with E-state index in [4.69, 9.17) is 22.9 Å². The lowest BCUT2D eigenvalue weighted by Gasteiger charge is -2.24. The minimum Gasteiger partial charge on any atom is -0.399 e. The Hall–Kier alpha value is -5.48. The van der Waals surface area contributed by atoms with E-state index in [9.17, 15) is 0 Å². The first kappa shape index (κ1) is 36.3. The van der Waals surface area contributed by atoms with Crippen molar-refractivity contribution < 1.29 is 0 Å². The monoisotopic (exact) mass is 686 g/mol. The van der Waals surface area contributed by atoms with Crippen LogP contribution in [-0.2, 0) is 19.3 Å². The summed E-state index contributed by atoms with van der Waals surface area (Å²) in [4.78, 5) is 0. The molecule has 0 aliphatic heterocycles. The third kappa shape index (κ3) is 7.03. The van der Waals surface area contributed by atoms with E-state index in [1.165, 1.54) is 61.2 Å². The molecule has 6 rings (SSSR count). The molecule has 0 radical (unpaired) electrons. The Bertz CT molecular complexity index is 2170. The number of anilines is 4. The highest BCUT2D eigenvalue weighted by Gasteiger charge is 2.22. The number of hydrogen-bond donors (Lipinski definition) is 4. The smallest absolute Gasteiger partial charge is 0.0376 e. The second kappa shape index (κ2) is 15.0. The molecule has 0 fully saturated rings. The molecular formula is C48H54N4. The van der Waals surface area contributed by atoms with Crippen molar-refractivity contribution in [3.05, 3.63) is 175 Å². The highest BCUT2D eigenvalue weighted by molar-refractivity contribution is 5.67. The van der Waals surface area contributed by atoms with Gasteiger partial charge in [-0.3, -0.25) is 0 Å². The number of aryl methyl sites for hydroxylation is 7. The van der Waals surface area contributed by atoms with Gasteiger partial charge in [-0.05, 0) is 136 Å². The summed E-state index contributed by atoms with van der Waals surface area (Å²) < 4.78 is 0. The van der Waals surface area contributed by atoms with E-state index in [-0.39, 0.29) is 11.8 Å². The van der Waals surface area contributed by atoms with Crippen LogP contribution in [-0.4, -0.2) is 0 Å². The fourth-order valence-electron chi connectivity index (χ4n) is 7.85. The number of nitrogens with two attached hydrogens (primary N) is 4. The van der Waals surface area contributed by atoms with Crippen molar-refractivity contribution in [2.24, 2.45) is 0 Å². The quantitative estimate of drug-likeness (QED) is 0.0850. The van der Waals surface area contributed by atoms with Gasteiger partial charge < -0.3 is 22.9 Å². The van der Waals surface area contributed by atoms with Gasteiger partial charge in [0.25, 0.3) is 0 Å². The van der Waals surface area contributed by atoms with E-state index >= 15 is 0 Å². The van der Waals surface area contributed by atoms with Gasteiger partial charge in [0.15, 0.2) is 0 Å². The third-order valence-corrected chi connectivity index (χ3v) is 11.1. The first-order chi connectivity index (χ1) is 24.9. The Balaban J connectivity index is 1.40. The van der Waals surface area contributed by atoms with Crippen LogP contribution in [0.1, 0.15) is 105 Å². The fraction of sp³-hybridized carbons (Fsp3) is 0.250. The van der Waals surface area contributed by atoms with Crippen LogP contribution in [0.25, 0.3) is 11.1 Å². The predicted molar refractivity (Wildman–Crippen MR) is 224 cm³/mol. The molecule has 0 aromatic heterocycles. The zero-order valence-electron chi connectivity index (χ0n) is 31.9. The van der Waals surface area contributed by atoms with Crippen LogP contribution in [0, 0.1) is 27.7 Å². The molecule has 0 aliphatic carbocycles. The van der Waals surface area contributed by atoms with Gasteiger partial charge in [-0.1, -0.05) is 118 Å². The lowest BCUT2D eigenvalue weighted by atomic mass is 9.81. The van der Waals surface area contributed by atoms with E-state index in [0.717, 1.165) is 64.3 Å². The Morgan fingerprint density at radius 3 is 1.00 bits per heavy atom. The Morgan fingerprint density at radius 2 is 0.673 bits per heavy atom. The molecule has 0 saturated heterocycles. The first-order valence-corrected chi connectivity index (χ1v) is 18.7. The van der Waals surface area contributed by atoms with Crippen molar-refractivity contribution >= 4 is 22.7 Å². The van der Waals surface area contributed by atoms with Gasteiger partial charge in [0, 0.05) is 34.6 Å². The molecule has 4 heteroatoms. The van der Waals surface area contributed by atoms with Gasteiger partial charge in [0.2, 0.25) is 0 Å². The highest BCUT2D eigenvalue weighted by Crippen LogP contribution is 2.40. The predicted octanol–water partition coefficient (Wildman–Crippen LogP) is 11.0. The summed E-state index contributed by atoms with van der Waals surface area (Å²) in [6.07, 6.45) is 2.67. The molecule has 1 unspecified atom stereocenters. The molecule has 0 heterocycles. The molecule has 0 spiro atoms. The molecule has 1 atom stereocenters. The number of nitrogen functional groups attached to an aromatic ring is 4. The van der Waals surface area contributed by atoms with Crippen molar-refractivity contribution in [1.82, 2.24) is 0 Å². The van der Waals surface area contributed by atoms with E-state index in [0.29, 0.717) is 0 Å². The Morgan fingerprint density at radius 1 is 0.365 bits per heavy atom. The van der Waals surface area contributed by atoms with Crippen molar-refractivity contribution in [3.8, 4) is 11.1 Å². The fourth-order valence-corrected chi connectivity index (χ4v) is 7.85. The second-order valence-corrected chi connectivity index (χ2v) is 14.5. The van der Waals surface area contributed by atoms with Crippen molar-refractivity contribution in [1.29, 1.82) is 0 Å². The molecule has 4 nitrogen and oxygen atoms in total. The summed E-state index contributed by atoms with van der Waals surface area (Å²) in [5, 5.41) is 0. The summed E-state index contributed by atoms with van der Waals surface area (Å²) in [5.74, 6) is 0.0972. The Labute approximate surface area is 310 Å². The average Bonchev–Trinajstić information content (AvgIpc) is 3.14. The molecule has 6 aromatic rings. The molecule has 266 valence electrons. The van der Waals surface area contributed by atoms with Gasteiger partial charge in [0.05, 0.1) is 0 Å². The van der Waals surface area contributed by atoms with Crippen LogP contribution in [0.5, 0.6) is 0 Å². The molecule has 6 aromatic carbocycles. The molecule has 52 heavy (non-hydrogen) atoms. The standard InChI is InChI=1S/C48H54N4/c1-8-32-25-40(22-29(5)46(32)50)44(39-19-20-43(49)28(4)21-39)37-15-11-35(12-16-37)36-13-17-38(18-14-36)45(41-23-30(6)47(51)33(9-2)26-41)42-24-31(7)48(52)34(10-3)27-42/h11-27,44-45H,8-10,49-52H2,1-7H3. The maximum absolute atomic E-state index is 6.52. The summed E-state index contributed by atoms with van der Waals surface area (Å²) >= 11 is 0. The number of benzene rings is 6. The molecule has 8 N–H and O–H groups in total. The van der Waals surface area contributed by atoms with E-state index in [1.54, 1.807) is 0 Å². The second-order valence-electron chi connectivity index (χ2n) is 14.5. The van der Waals surface area contributed by atoms with Crippen molar-refractivity contribution in [3.63, 3.8) is 0 Å². The Kier molecular flexibility index (Phi) is 10.5. The molecular weight excluding hydrogens is 633 g/mol. The molecule has 0 saturated carbocycles. The van der Waals surface area contributed by atoms with Crippen LogP contribution in [0.2, 0.25) is 0 Å². The van der Waals surface area contributed by atoms with Crippen LogP contribution in [0.3, 0.4) is 0 Å². The largest absolute Gasteiger partial charge is 0.399 e. The van der Waals surface area contributed by atoms with E-state index < -0.39 is 0 Å². The van der Waals surface area contributed by atoms with E-state index in [2.05, 4.69) is 146 Å². The van der Waals surface area contributed by atoms with Gasteiger partial charge in [-0.2, -0.15) is 0 Å². The van der Waals surface area contributed by atoms with Gasteiger partial charge >= 0.3 is 0 Å². The van der Waals surface area contributed by atoms with Crippen molar-refractivity contribution in [2.45, 2.75) is 79.6 Å². The SMILES string of the molecule is CCc1cc(C(c2ccc(-c3ccc(C(c4cc(C)c(N)c(CC)c4)c4cc(C)c(N)c(CC)c4)cc3)cc2)c2ccc(N)c(C)c2)cc(C)c1N. The summed E-state index contributed by atoms with van der Waals surface area (Å²) in [5.41, 5.74) is 47.0. The zero-order valence-corrected chi connectivity index (χ0v) is 31.9. The zero-order chi connectivity index (χ0) is 37.3. The van der Waals surface area contributed by atoms with Crippen LogP contribution < -0.4 is 22.9 Å². The van der Waals surface area contributed by atoms with Gasteiger partial charge in [0.1, 0.15) is 0 Å². The van der Waals surface area contributed by atoms with E-state index in [1.807, 2.05) is 6.07 Å². The third-order valence-electron chi connectivity index (χ3n) is 11.1. The summed E-state index contributed by atoms with van der Waals surface area (Å²) in [7, 11) is 0.